The van der Waals surface area contributed by atoms with Crippen molar-refractivity contribution in [1.82, 2.24) is 10.2 Å². The van der Waals surface area contributed by atoms with Gasteiger partial charge < -0.3 is 25.2 Å². The van der Waals surface area contributed by atoms with E-state index < -0.39 is 11.9 Å². The molecule has 0 unspecified atom stereocenters. The zero-order valence-electron chi connectivity index (χ0n) is 12.5. The molecule has 3 N–H and O–H groups in total. The molecule has 1 rings (SSSR count). The lowest BCUT2D eigenvalue weighted by atomic mass is 10.2. The van der Waals surface area contributed by atoms with Crippen LogP contribution in [0, 0.1) is 0 Å². The molecule has 0 amide bonds. The zero-order valence-corrected chi connectivity index (χ0v) is 12.5. The first kappa shape index (κ1) is 18.9. The van der Waals surface area contributed by atoms with Gasteiger partial charge in [-0.15, -0.1) is 0 Å². The van der Waals surface area contributed by atoms with Gasteiger partial charge in [0.25, 0.3) is 0 Å². The molecule has 0 aromatic heterocycles. The summed E-state index contributed by atoms with van der Waals surface area (Å²) in [5.41, 5.74) is 1.29. The fourth-order valence-corrected chi connectivity index (χ4v) is 1.28. The van der Waals surface area contributed by atoms with Gasteiger partial charge in [0.1, 0.15) is 5.75 Å². The monoisotopic (exact) mass is 298 g/mol. The normalized spacial score (nSPS) is 9.71. The molecule has 0 heterocycles. The molecule has 0 atom stereocenters. The molecular weight excluding hydrogens is 276 g/mol. The molecule has 0 aliphatic rings. The Balaban J connectivity index is 0.000000567. The molecule has 0 aliphatic carbocycles. The molecule has 0 bridgehead atoms. The number of hydrogen-bond acceptors (Lipinski definition) is 5. The summed E-state index contributed by atoms with van der Waals surface area (Å²) in [6, 6.07) is 8.15. The average molecular weight is 298 g/mol. The number of carbonyl (C=O) groups is 2. The highest BCUT2D eigenvalue weighted by atomic mass is 16.5. The van der Waals surface area contributed by atoms with Gasteiger partial charge in [0.2, 0.25) is 0 Å². The quantitative estimate of drug-likeness (QED) is 0.519. The molecule has 7 heteroatoms. The van der Waals surface area contributed by atoms with E-state index in [9.17, 15) is 0 Å². The SMILES string of the molecule is COc1ccc(CNCCN(C)C)cc1.O=C(O)C(=O)O. The van der Waals surface area contributed by atoms with Gasteiger partial charge >= 0.3 is 11.9 Å². The average Bonchev–Trinajstić information content (AvgIpc) is 2.44. The molecule has 21 heavy (non-hydrogen) atoms. The van der Waals surface area contributed by atoms with E-state index in [1.807, 2.05) is 12.1 Å². The second kappa shape index (κ2) is 10.6. The summed E-state index contributed by atoms with van der Waals surface area (Å²) in [6.07, 6.45) is 0. The number of aliphatic carboxylic acids is 2. The van der Waals surface area contributed by atoms with E-state index in [-0.39, 0.29) is 0 Å². The van der Waals surface area contributed by atoms with Gasteiger partial charge in [0, 0.05) is 19.6 Å². The second-order valence-electron chi connectivity index (χ2n) is 4.44. The van der Waals surface area contributed by atoms with Crippen molar-refractivity contribution in [1.29, 1.82) is 0 Å². The van der Waals surface area contributed by atoms with Crippen molar-refractivity contribution in [3.8, 4) is 5.75 Å². The fraction of sp³-hybridized carbons (Fsp3) is 0.429. The number of methoxy groups -OCH3 is 1. The number of ether oxygens (including phenoxy) is 1. The lowest BCUT2D eigenvalue weighted by Gasteiger charge is -2.10. The van der Waals surface area contributed by atoms with Crippen LogP contribution in [0.3, 0.4) is 0 Å². The minimum atomic E-state index is -1.82. The number of rotatable bonds is 6. The number of carboxylic acid groups (broad SMARTS) is 2. The van der Waals surface area contributed by atoms with Crippen LogP contribution in [0.2, 0.25) is 0 Å². The number of hydrogen-bond donors (Lipinski definition) is 3. The number of nitrogens with zero attached hydrogens (tertiary/aromatic N) is 1. The summed E-state index contributed by atoms with van der Waals surface area (Å²) in [7, 11) is 5.84. The minimum Gasteiger partial charge on any atom is -0.497 e. The van der Waals surface area contributed by atoms with Crippen molar-refractivity contribution in [2.45, 2.75) is 6.54 Å². The van der Waals surface area contributed by atoms with Gasteiger partial charge in [0.05, 0.1) is 7.11 Å². The molecule has 0 saturated heterocycles. The molecular formula is C14H22N2O5. The lowest BCUT2D eigenvalue weighted by Crippen LogP contribution is -2.26. The van der Waals surface area contributed by atoms with Crippen molar-refractivity contribution < 1.29 is 24.5 Å². The Hall–Kier alpha value is -2.12. The molecule has 0 radical (unpaired) electrons. The van der Waals surface area contributed by atoms with Crippen LogP contribution in [-0.2, 0) is 16.1 Å². The maximum atomic E-state index is 9.10. The third-order valence-electron chi connectivity index (χ3n) is 2.41. The Morgan fingerprint density at radius 1 is 1.14 bits per heavy atom. The van der Waals surface area contributed by atoms with Crippen LogP contribution in [0.15, 0.2) is 24.3 Å². The summed E-state index contributed by atoms with van der Waals surface area (Å²) in [5, 5.41) is 18.2. The van der Waals surface area contributed by atoms with Crippen LogP contribution in [0.5, 0.6) is 5.75 Å². The van der Waals surface area contributed by atoms with Crippen LogP contribution in [0.1, 0.15) is 5.56 Å². The first-order valence-corrected chi connectivity index (χ1v) is 6.31. The molecule has 0 fully saturated rings. The predicted octanol–water partition coefficient (Wildman–Crippen LogP) is 0.502. The maximum absolute atomic E-state index is 9.10. The second-order valence-corrected chi connectivity index (χ2v) is 4.44. The molecule has 118 valence electrons. The highest BCUT2D eigenvalue weighted by Crippen LogP contribution is 2.10. The number of likely N-dealkylation sites (N-methyl/N-ethyl adjacent to an activating group) is 1. The van der Waals surface area contributed by atoms with E-state index in [0.717, 1.165) is 25.4 Å². The Morgan fingerprint density at radius 2 is 1.67 bits per heavy atom. The third kappa shape index (κ3) is 10.3. The van der Waals surface area contributed by atoms with E-state index in [2.05, 4.69) is 36.4 Å². The van der Waals surface area contributed by atoms with Crippen LogP contribution in [-0.4, -0.2) is 61.3 Å². The lowest BCUT2D eigenvalue weighted by molar-refractivity contribution is -0.159. The number of nitrogens with one attached hydrogen (secondary N) is 1. The van der Waals surface area contributed by atoms with E-state index in [1.165, 1.54) is 5.56 Å². The van der Waals surface area contributed by atoms with Crippen LogP contribution in [0.25, 0.3) is 0 Å². The topological polar surface area (TPSA) is 99.1 Å². The summed E-state index contributed by atoms with van der Waals surface area (Å²) < 4.78 is 5.10. The van der Waals surface area contributed by atoms with Gasteiger partial charge in [-0.3, -0.25) is 0 Å². The van der Waals surface area contributed by atoms with Crippen molar-refractivity contribution in [2.75, 3.05) is 34.3 Å². The van der Waals surface area contributed by atoms with Crippen molar-refractivity contribution in [3.63, 3.8) is 0 Å². The predicted molar refractivity (Wildman–Crippen MR) is 78.5 cm³/mol. The summed E-state index contributed by atoms with van der Waals surface area (Å²) in [5.74, 6) is -2.74. The van der Waals surface area contributed by atoms with E-state index in [1.54, 1.807) is 7.11 Å². The minimum absolute atomic E-state index is 0.909. The molecule has 7 nitrogen and oxygen atoms in total. The maximum Gasteiger partial charge on any atom is 0.414 e. The Bertz CT molecular complexity index is 419. The summed E-state index contributed by atoms with van der Waals surface area (Å²) in [6.45, 7) is 2.99. The highest BCUT2D eigenvalue weighted by Gasteiger charge is 2.04. The standard InChI is InChI=1S/C12H20N2O.C2H2O4/c1-14(2)9-8-13-10-11-4-6-12(15-3)7-5-11;3-1(4)2(5)6/h4-7,13H,8-10H2,1-3H3;(H,3,4)(H,5,6). The zero-order chi connectivity index (χ0) is 16.3. The molecule has 0 spiro atoms. The number of carboxylic acids is 2. The van der Waals surface area contributed by atoms with Gasteiger partial charge in [-0.05, 0) is 31.8 Å². The summed E-state index contributed by atoms with van der Waals surface area (Å²) >= 11 is 0. The first-order chi connectivity index (χ1) is 9.86. The van der Waals surface area contributed by atoms with E-state index in [4.69, 9.17) is 24.5 Å². The number of benzene rings is 1. The highest BCUT2D eigenvalue weighted by molar-refractivity contribution is 6.27. The van der Waals surface area contributed by atoms with Gasteiger partial charge in [-0.25, -0.2) is 9.59 Å². The molecule has 0 aliphatic heterocycles. The van der Waals surface area contributed by atoms with Crippen LogP contribution in [0.4, 0.5) is 0 Å². The van der Waals surface area contributed by atoms with Crippen molar-refractivity contribution in [2.24, 2.45) is 0 Å². The molecule has 1 aromatic carbocycles. The van der Waals surface area contributed by atoms with Crippen molar-refractivity contribution >= 4 is 11.9 Å². The van der Waals surface area contributed by atoms with Gasteiger partial charge in [-0.2, -0.15) is 0 Å². The Kier molecular flexibility index (Phi) is 9.57. The first-order valence-electron chi connectivity index (χ1n) is 6.31. The summed E-state index contributed by atoms with van der Waals surface area (Å²) in [4.78, 5) is 20.4. The third-order valence-corrected chi connectivity index (χ3v) is 2.41. The molecule has 0 saturated carbocycles. The van der Waals surface area contributed by atoms with E-state index >= 15 is 0 Å². The largest absolute Gasteiger partial charge is 0.497 e. The van der Waals surface area contributed by atoms with E-state index in [0.29, 0.717) is 0 Å². The Morgan fingerprint density at radius 3 is 2.05 bits per heavy atom. The van der Waals surface area contributed by atoms with Crippen LogP contribution >= 0.6 is 0 Å². The molecule has 1 aromatic rings. The van der Waals surface area contributed by atoms with Gasteiger partial charge in [-0.1, -0.05) is 12.1 Å². The van der Waals surface area contributed by atoms with Gasteiger partial charge in [0.15, 0.2) is 0 Å². The van der Waals surface area contributed by atoms with Crippen molar-refractivity contribution in [3.05, 3.63) is 29.8 Å². The Labute approximate surface area is 124 Å². The fourth-order valence-electron chi connectivity index (χ4n) is 1.28. The van der Waals surface area contributed by atoms with Crippen LogP contribution < -0.4 is 10.1 Å². The smallest absolute Gasteiger partial charge is 0.414 e.